The number of aromatic nitrogens is 2. The summed E-state index contributed by atoms with van der Waals surface area (Å²) in [5, 5.41) is 10.1. The second kappa shape index (κ2) is 12.9. The number of fused-ring (bicyclic) bond motifs is 1. The number of rotatable bonds is 14. The number of hydrogen-bond donors (Lipinski definition) is 1. The van der Waals surface area contributed by atoms with E-state index in [1.54, 1.807) is 25.2 Å². The van der Waals surface area contributed by atoms with Crippen LogP contribution in [0.3, 0.4) is 0 Å². The zero-order chi connectivity index (χ0) is 24.3. The Hall–Kier alpha value is -3.19. The van der Waals surface area contributed by atoms with Crippen LogP contribution in [-0.2, 0) is 29.6 Å². The normalized spacial score (nSPS) is 12.1. The number of carboxylic acid groups (broad SMARTS) is 1. The number of nitrogens with zero attached hydrogens (tertiary/aromatic N) is 2. The van der Waals surface area contributed by atoms with Gasteiger partial charge in [-0.05, 0) is 36.2 Å². The molecule has 0 amide bonds. The molecule has 1 unspecified atom stereocenters. The molecule has 182 valence electrons. The van der Waals surface area contributed by atoms with Crippen molar-refractivity contribution >= 4 is 16.9 Å². The number of hydrogen-bond acceptors (Lipinski definition) is 5. The molecule has 7 heteroatoms. The highest BCUT2D eigenvalue weighted by atomic mass is 16.5. The van der Waals surface area contributed by atoms with E-state index in [1.165, 1.54) is 30.3 Å². The van der Waals surface area contributed by atoms with E-state index in [1.807, 2.05) is 30.3 Å². The lowest BCUT2D eigenvalue weighted by atomic mass is 10.1. The average molecular weight is 467 g/mol. The molecule has 0 aliphatic carbocycles. The molecule has 2 aromatic carbocycles. The number of carboxylic acids is 1. The minimum absolute atomic E-state index is 0.111. The first kappa shape index (κ1) is 25.4. The summed E-state index contributed by atoms with van der Waals surface area (Å²) >= 11 is 0. The Morgan fingerprint density at radius 2 is 1.74 bits per heavy atom. The first-order chi connectivity index (χ1) is 16.5. The molecule has 3 aromatic rings. The molecule has 1 aromatic heterocycles. The first-order valence-electron chi connectivity index (χ1n) is 12.0. The van der Waals surface area contributed by atoms with Gasteiger partial charge in [0.2, 0.25) is 0 Å². The third-order valence-electron chi connectivity index (χ3n) is 5.88. The fourth-order valence-electron chi connectivity index (χ4n) is 3.80. The SMILES string of the molecule is CCCCCCCCOC(Cc1ccc(OCc2nc3ccccc3c(=O)n2C)cc1)C(=O)O. The standard InChI is InChI=1S/C27H34N2O5/c1-3-4-5-6-7-10-17-33-24(27(31)32)18-20-13-15-21(16-14-20)34-19-25-28-23-12-9-8-11-22(23)26(30)29(25)2/h8-9,11-16,24H,3-7,10,17-19H2,1-2H3,(H,31,32). The molecule has 0 saturated heterocycles. The number of aliphatic carboxylic acids is 1. The molecule has 1 heterocycles. The van der Waals surface area contributed by atoms with Crippen LogP contribution < -0.4 is 10.3 Å². The van der Waals surface area contributed by atoms with E-state index >= 15 is 0 Å². The number of para-hydroxylation sites is 1. The summed E-state index contributed by atoms with van der Waals surface area (Å²) in [6.45, 7) is 2.79. The molecule has 0 aliphatic rings. The van der Waals surface area contributed by atoms with E-state index in [-0.39, 0.29) is 12.2 Å². The van der Waals surface area contributed by atoms with Crippen molar-refractivity contribution in [2.45, 2.75) is 64.6 Å². The molecule has 0 radical (unpaired) electrons. The highest BCUT2D eigenvalue weighted by Crippen LogP contribution is 2.17. The lowest BCUT2D eigenvalue weighted by Crippen LogP contribution is -2.26. The van der Waals surface area contributed by atoms with Gasteiger partial charge in [0.05, 0.1) is 10.9 Å². The molecule has 1 atom stereocenters. The van der Waals surface area contributed by atoms with Crippen LogP contribution in [0, 0.1) is 0 Å². The highest BCUT2D eigenvalue weighted by molar-refractivity contribution is 5.77. The molecule has 1 N–H and O–H groups in total. The third kappa shape index (κ3) is 7.15. The summed E-state index contributed by atoms with van der Waals surface area (Å²) < 4.78 is 13.0. The summed E-state index contributed by atoms with van der Waals surface area (Å²) in [5.41, 5.74) is 1.39. The lowest BCUT2D eigenvalue weighted by molar-refractivity contribution is -0.150. The van der Waals surface area contributed by atoms with Crippen LogP contribution in [0.15, 0.2) is 53.3 Å². The van der Waals surface area contributed by atoms with Gasteiger partial charge >= 0.3 is 5.97 Å². The van der Waals surface area contributed by atoms with E-state index in [9.17, 15) is 14.7 Å². The van der Waals surface area contributed by atoms with Gasteiger partial charge in [-0.2, -0.15) is 0 Å². The van der Waals surface area contributed by atoms with Gasteiger partial charge in [0.25, 0.3) is 5.56 Å². The molecule has 0 aliphatic heterocycles. The summed E-state index contributed by atoms with van der Waals surface area (Å²) in [7, 11) is 1.68. The van der Waals surface area contributed by atoms with Gasteiger partial charge in [-0.1, -0.05) is 63.3 Å². The van der Waals surface area contributed by atoms with Crippen LogP contribution in [0.4, 0.5) is 0 Å². The Morgan fingerprint density at radius 1 is 1.03 bits per heavy atom. The third-order valence-corrected chi connectivity index (χ3v) is 5.88. The van der Waals surface area contributed by atoms with E-state index in [2.05, 4.69) is 11.9 Å². The largest absolute Gasteiger partial charge is 0.486 e. The van der Waals surface area contributed by atoms with E-state index < -0.39 is 12.1 Å². The van der Waals surface area contributed by atoms with Gasteiger partial charge in [-0.25, -0.2) is 9.78 Å². The molecule has 0 bridgehead atoms. The lowest BCUT2D eigenvalue weighted by Gasteiger charge is -2.14. The summed E-state index contributed by atoms with van der Waals surface area (Å²) in [4.78, 5) is 28.7. The van der Waals surface area contributed by atoms with Crippen molar-refractivity contribution in [3.8, 4) is 5.75 Å². The summed E-state index contributed by atoms with van der Waals surface area (Å²) in [5.74, 6) is 0.197. The van der Waals surface area contributed by atoms with Crippen molar-refractivity contribution in [1.82, 2.24) is 9.55 Å². The maximum Gasteiger partial charge on any atom is 0.333 e. The van der Waals surface area contributed by atoms with Gasteiger partial charge in [-0.15, -0.1) is 0 Å². The van der Waals surface area contributed by atoms with Crippen LogP contribution in [0.25, 0.3) is 10.9 Å². The quantitative estimate of drug-likeness (QED) is 0.340. The number of unbranched alkanes of at least 4 members (excludes halogenated alkanes) is 5. The average Bonchev–Trinajstić information content (AvgIpc) is 2.84. The fourth-order valence-corrected chi connectivity index (χ4v) is 3.80. The van der Waals surface area contributed by atoms with Gasteiger partial charge < -0.3 is 14.6 Å². The highest BCUT2D eigenvalue weighted by Gasteiger charge is 2.18. The smallest absolute Gasteiger partial charge is 0.333 e. The van der Waals surface area contributed by atoms with Crippen LogP contribution in [0.2, 0.25) is 0 Å². The predicted molar refractivity (Wildman–Crippen MR) is 132 cm³/mol. The summed E-state index contributed by atoms with van der Waals surface area (Å²) in [6, 6.07) is 14.5. The molecular formula is C27H34N2O5. The second-order valence-electron chi connectivity index (χ2n) is 8.51. The van der Waals surface area contributed by atoms with Crippen molar-refractivity contribution in [3.05, 3.63) is 70.3 Å². The van der Waals surface area contributed by atoms with Crippen molar-refractivity contribution in [2.75, 3.05) is 6.61 Å². The predicted octanol–water partition coefficient (Wildman–Crippen LogP) is 4.89. The molecular weight excluding hydrogens is 432 g/mol. The molecule has 0 fully saturated rings. The maximum atomic E-state index is 12.5. The number of ether oxygens (including phenoxy) is 2. The van der Waals surface area contributed by atoms with Gasteiger partial charge in [0.1, 0.15) is 18.2 Å². The van der Waals surface area contributed by atoms with Crippen LogP contribution in [-0.4, -0.2) is 33.3 Å². The van der Waals surface area contributed by atoms with Crippen LogP contribution >= 0.6 is 0 Å². The topological polar surface area (TPSA) is 90.7 Å². The zero-order valence-corrected chi connectivity index (χ0v) is 20.0. The second-order valence-corrected chi connectivity index (χ2v) is 8.51. The maximum absolute atomic E-state index is 12.5. The Labute approximate surface area is 200 Å². The first-order valence-corrected chi connectivity index (χ1v) is 12.0. The van der Waals surface area contributed by atoms with Gasteiger partial charge in [0.15, 0.2) is 6.10 Å². The van der Waals surface area contributed by atoms with Crippen molar-refractivity contribution in [3.63, 3.8) is 0 Å². The van der Waals surface area contributed by atoms with Crippen LogP contribution in [0.5, 0.6) is 5.75 Å². The Kier molecular flexibility index (Phi) is 9.64. The molecule has 7 nitrogen and oxygen atoms in total. The minimum Gasteiger partial charge on any atom is -0.486 e. The van der Waals surface area contributed by atoms with E-state index in [0.29, 0.717) is 35.5 Å². The molecule has 0 spiro atoms. The van der Waals surface area contributed by atoms with Crippen LogP contribution in [0.1, 0.15) is 56.8 Å². The van der Waals surface area contributed by atoms with Crippen molar-refractivity contribution < 1.29 is 19.4 Å². The monoisotopic (exact) mass is 466 g/mol. The molecule has 34 heavy (non-hydrogen) atoms. The Morgan fingerprint density at radius 3 is 2.47 bits per heavy atom. The summed E-state index contributed by atoms with van der Waals surface area (Å²) in [6.07, 6.45) is 6.23. The fraction of sp³-hybridized carbons (Fsp3) is 0.444. The van der Waals surface area contributed by atoms with E-state index in [4.69, 9.17) is 9.47 Å². The Balaban J connectivity index is 1.52. The van der Waals surface area contributed by atoms with Gasteiger partial charge in [0, 0.05) is 20.1 Å². The van der Waals surface area contributed by atoms with Crippen molar-refractivity contribution in [2.24, 2.45) is 7.05 Å². The minimum atomic E-state index is -0.949. The molecule has 0 saturated carbocycles. The van der Waals surface area contributed by atoms with Crippen molar-refractivity contribution in [1.29, 1.82) is 0 Å². The molecule has 3 rings (SSSR count). The van der Waals surface area contributed by atoms with E-state index in [0.717, 1.165) is 18.4 Å². The Bertz CT molecular complexity index is 1120. The number of benzene rings is 2. The van der Waals surface area contributed by atoms with Gasteiger partial charge in [-0.3, -0.25) is 9.36 Å². The number of carbonyl (C=O) groups is 1. The zero-order valence-electron chi connectivity index (χ0n) is 20.0.